The van der Waals surface area contributed by atoms with Gasteiger partial charge < -0.3 is 15.5 Å². The molecule has 0 bridgehead atoms. The summed E-state index contributed by atoms with van der Waals surface area (Å²) in [6.07, 6.45) is 0. The molecule has 7 nitrogen and oxygen atoms in total. The lowest BCUT2D eigenvalue weighted by molar-refractivity contribution is -0.123. The monoisotopic (exact) mass is 338 g/mol. The average Bonchev–Trinajstić information content (AvgIpc) is 2.81. The molecule has 23 heavy (non-hydrogen) atoms. The van der Waals surface area contributed by atoms with Crippen molar-refractivity contribution in [1.82, 2.24) is 20.9 Å². The number of hydrogen-bond acceptors (Lipinski definition) is 4. The Morgan fingerprint density at radius 2 is 1.74 bits per heavy atom. The molecule has 1 aromatic carbocycles. The minimum Gasteiger partial charge on any atom is -0.336 e. The molecule has 1 aromatic rings. The lowest BCUT2D eigenvalue weighted by Crippen LogP contribution is -2.46. The molecule has 4 amide bonds. The normalized spacial score (nSPS) is 23.8. The predicted molar refractivity (Wildman–Crippen MR) is 86.5 cm³/mol. The van der Waals surface area contributed by atoms with Crippen LogP contribution in [0.2, 0.25) is 0 Å². The highest BCUT2D eigenvalue weighted by atomic mass is 35.5. The summed E-state index contributed by atoms with van der Waals surface area (Å²) in [6.45, 7) is 4.62. The lowest BCUT2D eigenvalue weighted by Gasteiger charge is -2.27. The highest BCUT2D eigenvalue weighted by Gasteiger charge is 2.43. The lowest BCUT2D eigenvalue weighted by atomic mass is 9.91. The summed E-state index contributed by atoms with van der Waals surface area (Å²) < 4.78 is 0. The van der Waals surface area contributed by atoms with Crippen LogP contribution >= 0.6 is 12.4 Å². The molecule has 2 heterocycles. The molecule has 124 valence electrons. The molecule has 0 aliphatic carbocycles. The van der Waals surface area contributed by atoms with E-state index in [1.165, 1.54) is 0 Å². The summed E-state index contributed by atoms with van der Waals surface area (Å²) in [4.78, 5) is 37.4. The first-order valence-electron chi connectivity index (χ1n) is 7.25. The van der Waals surface area contributed by atoms with Crippen LogP contribution in [0.1, 0.15) is 22.8 Å². The molecular formula is C15H19ClN4O3. The van der Waals surface area contributed by atoms with Crippen molar-refractivity contribution in [2.75, 3.05) is 26.2 Å². The number of benzene rings is 1. The fourth-order valence-corrected chi connectivity index (χ4v) is 2.74. The van der Waals surface area contributed by atoms with Gasteiger partial charge in [-0.25, -0.2) is 4.79 Å². The summed E-state index contributed by atoms with van der Waals surface area (Å²) in [5.41, 5.74) is 0.139. The van der Waals surface area contributed by atoms with Crippen molar-refractivity contribution < 1.29 is 14.4 Å². The highest BCUT2D eigenvalue weighted by Crippen LogP contribution is 2.24. The second kappa shape index (κ2) is 6.55. The molecule has 0 radical (unpaired) electrons. The number of piperazine rings is 1. The smallest absolute Gasteiger partial charge is 0.322 e. The minimum atomic E-state index is -1.09. The van der Waals surface area contributed by atoms with E-state index in [1.54, 1.807) is 36.1 Å². The zero-order valence-corrected chi connectivity index (χ0v) is 13.5. The van der Waals surface area contributed by atoms with Gasteiger partial charge in [0.25, 0.3) is 11.8 Å². The second-order valence-corrected chi connectivity index (χ2v) is 5.65. The molecule has 2 fully saturated rings. The summed E-state index contributed by atoms with van der Waals surface area (Å²) in [5.74, 6) is -0.406. The van der Waals surface area contributed by atoms with Crippen LogP contribution in [0.25, 0.3) is 0 Å². The van der Waals surface area contributed by atoms with E-state index in [9.17, 15) is 14.4 Å². The molecule has 0 spiro atoms. The summed E-state index contributed by atoms with van der Waals surface area (Å²) >= 11 is 0. The molecule has 2 saturated heterocycles. The van der Waals surface area contributed by atoms with Crippen LogP contribution in [-0.2, 0) is 10.3 Å². The number of hydrogen-bond donors (Lipinski definition) is 3. The van der Waals surface area contributed by atoms with Crippen LogP contribution < -0.4 is 16.0 Å². The zero-order chi connectivity index (χ0) is 15.7. The van der Waals surface area contributed by atoms with Crippen molar-refractivity contribution >= 4 is 30.3 Å². The first kappa shape index (κ1) is 17.2. The van der Waals surface area contributed by atoms with Crippen LogP contribution in [0, 0.1) is 0 Å². The van der Waals surface area contributed by atoms with Gasteiger partial charge in [0.15, 0.2) is 0 Å². The third-order valence-electron chi connectivity index (χ3n) is 4.16. The first-order chi connectivity index (χ1) is 10.5. The van der Waals surface area contributed by atoms with Crippen LogP contribution in [0.5, 0.6) is 0 Å². The molecule has 1 atom stereocenters. The van der Waals surface area contributed by atoms with Gasteiger partial charge in [-0.2, -0.15) is 0 Å². The molecule has 2 aliphatic rings. The van der Waals surface area contributed by atoms with E-state index < -0.39 is 17.5 Å². The van der Waals surface area contributed by atoms with E-state index >= 15 is 0 Å². The van der Waals surface area contributed by atoms with Crippen molar-refractivity contribution in [3.63, 3.8) is 0 Å². The van der Waals surface area contributed by atoms with Crippen LogP contribution in [0.3, 0.4) is 0 Å². The standard InChI is InChI=1S/C15H18N4O3.ClH/c1-15(13(21)17-14(22)18-15)11-4-2-10(3-5-11)12(20)19-8-6-16-7-9-19;/h2-5,16H,6-9H2,1H3,(H2,17,18,21,22);1H. The Labute approximate surface area is 140 Å². The molecule has 1 unspecified atom stereocenters. The van der Waals surface area contributed by atoms with Gasteiger partial charge in [0.05, 0.1) is 0 Å². The van der Waals surface area contributed by atoms with Crippen LogP contribution in [-0.4, -0.2) is 48.9 Å². The van der Waals surface area contributed by atoms with Gasteiger partial charge >= 0.3 is 6.03 Å². The van der Waals surface area contributed by atoms with Crippen molar-refractivity contribution in [2.24, 2.45) is 0 Å². The number of nitrogens with zero attached hydrogens (tertiary/aromatic N) is 1. The van der Waals surface area contributed by atoms with Gasteiger partial charge in [-0.15, -0.1) is 12.4 Å². The van der Waals surface area contributed by atoms with Gasteiger partial charge in [0.1, 0.15) is 5.54 Å². The SMILES string of the molecule is CC1(c2ccc(C(=O)N3CCNCC3)cc2)NC(=O)NC1=O.Cl. The third kappa shape index (κ3) is 3.16. The van der Waals surface area contributed by atoms with E-state index in [-0.39, 0.29) is 18.3 Å². The van der Waals surface area contributed by atoms with Crippen molar-refractivity contribution in [1.29, 1.82) is 0 Å². The number of carbonyl (C=O) groups excluding carboxylic acids is 3. The topological polar surface area (TPSA) is 90.5 Å². The van der Waals surface area contributed by atoms with E-state index in [0.29, 0.717) is 24.2 Å². The van der Waals surface area contributed by atoms with E-state index in [0.717, 1.165) is 13.1 Å². The Hall–Kier alpha value is -2.12. The highest BCUT2D eigenvalue weighted by molar-refractivity contribution is 6.07. The number of nitrogens with one attached hydrogen (secondary N) is 3. The molecule has 0 aromatic heterocycles. The Bertz CT molecular complexity index is 628. The molecule has 3 N–H and O–H groups in total. The van der Waals surface area contributed by atoms with E-state index in [1.807, 2.05) is 0 Å². The first-order valence-corrected chi connectivity index (χ1v) is 7.25. The number of carbonyl (C=O) groups is 3. The van der Waals surface area contributed by atoms with Gasteiger partial charge in [0.2, 0.25) is 0 Å². The van der Waals surface area contributed by atoms with Crippen LogP contribution in [0.15, 0.2) is 24.3 Å². The predicted octanol–water partition coefficient (Wildman–Crippen LogP) is 0.208. The van der Waals surface area contributed by atoms with Gasteiger partial charge in [-0.05, 0) is 24.6 Å². The van der Waals surface area contributed by atoms with Crippen molar-refractivity contribution in [3.8, 4) is 0 Å². The minimum absolute atomic E-state index is 0. The number of imide groups is 1. The number of urea groups is 1. The maximum Gasteiger partial charge on any atom is 0.322 e. The number of rotatable bonds is 2. The number of halogens is 1. The fraction of sp³-hybridized carbons (Fsp3) is 0.400. The van der Waals surface area contributed by atoms with Gasteiger partial charge in [0, 0.05) is 31.7 Å². The Balaban J connectivity index is 0.00000192. The van der Waals surface area contributed by atoms with Crippen molar-refractivity contribution in [2.45, 2.75) is 12.5 Å². The van der Waals surface area contributed by atoms with E-state index in [4.69, 9.17) is 0 Å². The van der Waals surface area contributed by atoms with Crippen LogP contribution in [0.4, 0.5) is 4.79 Å². The summed E-state index contributed by atoms with van der Waals surface area (Å²) in [5, 5.41) is 8.03. The Morgan fingerprint density at radius 3 is 2.26 bits per heavy atom. The maximum absolute atomic E-state index is 12.4. The number of amides is 4. The largest absolute Gasteiger partial charge is 0.336 e. The Kier molecular flexibility index (Phi) is 4.91. The second-order valence-electron chi connectivity index (χ2n) is 5.65. The maximum atomic E-state index is 12.4. The Morgan fingerprint density at radius 1 is 1.13 bits per heavy atom. The average molecular weight is 339 g/mol. The molecule has 0 saturated carbocycles. The van der Waals surface area contributed by atoms with Gasteiger partial charge in [-0.3, -0.25) is 14.9 Å². The molecule has 2 aliphatic heterocycles. The molecule has 8 heteroatoms. The third-order valence-corrected chi connectivity index (χ3v) is 4.16. The fourth-order valence-electron chi connectivity index (χ4n) is 2.74. The summed E-state index contributed by atoms with van der Waals surface area (Å²) in [7, 11) is 0. The zero-order valence-electron chi connectivity index (χ0n) is 12.7. The quantitative estimate of drug-likeness (QED) is 0.672. The van der Waals surface area contributed by atoms with Gasteiger partial charge in [-0.1, -0.05) is 12.1 Å². The van der Waals surface area contributed by atoms with E-state index in [2.05, 4.69) is 16.0 Å². The summed E-state index contributed by atoms with van der Waals surface area (Å²) in [6, 6.07) is 6.31. The molecular weight excluding hydrogens is 320 g/mol. The van der Waals surface area contributed by atoms with Crippen molar-refractivity contribution in [3.05, 3.63) is 35.4 Å². The molecule has 3 rings (SSSR count).